The van der Waals surface area contributed by atoms with Crippen molar-refractivity contribution in [2.45, 2.75) is 26.4 Å². The summed E-state index contributed by atoms with van der Waals surface area (Å²) in [4.78, 5) is 37.0. The van der Waals surface area contributed by atoms with Gasteiger partial charge in [0, 0.05) is 13.5 Å². The summed E-state index contributed by atoms with van der Waals surface area (Å²) in [6.45, 7) is 3.97. The number of ether oxygens (including phenoxy) is 1. The number of fused-ring (bicyclic) bond motifs is 1. The molecule has 0 saturated heterocycles. The maximum Gasteiger partial charge on any atom is 0.263 e. The molecule has 0 aromatic heterocycles. The summed E-state index contributed by atoms with van der Waals surface area (Å²) >= 11 is 0. The summed E-state index contributed by atoms with van der Waals surface area (Å²) < 4.78 is 5.65. The second-order valence-electron chi connectivity index (χ2n) is 5.27. The number of hydrogen-bond donors (Lipinski definition) is 2. The normalized spacial score (nSPS) is 16.1. The molecule has 1 aromatic rings. The van der Waals surface area contributed by atoms with Crippen molar-refractivity contribution < 1.29 is 19.1 Å². The van der Waals surface area contributed by atoms with Crippen LogP contribution in [0.4, 0.5) is 5.69 Å². The average Bonchev–Trinajstić information content (AvgIpc) is 2.56. The monoisotopic (exact) mass is 319 g/mol. The van der Waals surface area contributed by atoms with Crippen LogP contribution in [-0.4, -0.2) is 43.5 Å². The highest BCUT2D eigenvalue weighted by Gasteiger charge is 2.32. The molecule has 1 aliphatic rings. The Morgan fingerprint density at radius 2 is 2.00 bits per heavy atom. The first kappa shape index (κ1) is 16.8. The number of carbonyl (C=O) groups is 3. The fourth-order valence-electron chi connectivity index (χ4n) is 2.28. The first-order chi connectivity index (χ1) is 11.0. The lowest BCUT2D eigenvalue weighted by molar-refractivity contribution is -0.131. The Bertz CT molecular complexity index is 603. The standard InChI is InChI=1S/C16H21N3O4/c1-3-8-17-15(21)9-18-16(22)14-10-19(11(2)20)12-6-4-5-7-13(12)23-14/h4-7,14H,3,8-10H2,1-2H3,(H,17,21)(H,18,22)/t14-/m1/s1. The zero-order valence-corrected chi connectivity index (χ0v) is 13.3. The van der Waals surface area contributed by atoms with Crippen LogP contribution in [-0.2, 0) is 14.4 Å². The van der Waals surface area contributed by atoms with E-state index in [2.05, 4.69) is 10.6 Å². The van der Waals surface area contributed by atoms with Crippen LogP contribution in [0.3, 0.4) is 0 Å². The van der Waals surface area contributed by atoms with Crippen molar-refractivity contribution in [3.8, 4) is 5.75 Å². The van der Waals surface area contributed by atoms with Crippen molar-refractivity contribution in [2.24, 2.45) is 0 Å². The van der Waals surface area contributed by atoms with Crippen LogP contribution in [0.1, 0.15) is 20.3 Å². The molecule has 3 amide bonds. The van der Waals surface area contributed by atoms with Gasteiger partial charge < -0.3 is 20.3 Å². The van der Waals surface area contributed by atoms with E-state index in [0.29, 0.717) is 18.0 Å². The molecule has 0 radical (unpaired) electrons. The van der Waals surface area contributed by atoms with Crippen molar-refractivity contribution >= 4 is 23.4 Å². The largest absolute Gasteiger partial charge is 0.477 e. The molecule has 0 aliphatic carbocycles. The molecule has 0 bridgehead atoms. The van der Waals surface area contributed by atoms with E-state index in [-0.39, 0.29) is 24.9 Å². The summed E-state index contributed by atoms with van der Waals surface area (Å²) in [6, 6.07) is 7.05. The molecule has 1 atom stereocenters. The SMILES string of the molecule is CCCNC(=O)CNC(=O)[C@H]1CN(C(C)=O)c2ccccc2O1. The van der Waals surface area contributed by atoms with Crippen LogP contribution in [0.25, 0.3) is 0 Å². The van der Waals surface area contributed by atoms with E-state index in [1.807, 2.05) is 6.92 Å². The van der Waals surface area contributed by atoms with E-state index in [9.17, 15) is 14.4 Å². The lowest BCUT2D eigenvalue weighted by atomic mass is 10.1. The lowest BCUT2D eigenvalue weighted by Crippen LogP contribution is -2.51. The molecule has 2 N–H and O–H groups in total. The Hall–Kier alpha value is -2.57. The number of nitrogens with one attached hydrogen (secondary N) is 2. The quantitative estimate of drug-likeness (QED) is 0.824. The molecule has 2 rings (SSSR count). The number of amides is 3. The van der Waals surface area contributed by atoms with Gasteiger partial charge in [-0.3, -0.25) is 14.4 Å². The molecular formula is C16H21N3O4. The maximum absolute atomic E-state index is 12.2. The van der Waals surface area contributed by atoms with Crippen LogP contribution >= 0.6 is 0 Å². The highest BCUT2D eigenvalue weighted by molar-refractivity contribution is 5.96. The Kier molecular flexibility index (Phi) is 5.56. The summed E-state index contributed by atoms with van der Waals surface area (Å²) in [5, 5.41) is 5.21. The van der Waals surface area contributed by atoms with Crippen LogP contribution in [0.2, 0.25) is 0 Å². The minimum absolute atomic E-state index is 0.111. The third-order valence-electron chi connectivity index (χ3n) is 3.44. The first-order valence-electron chi connectivity index (χ1n) is 7.61. The smallest absolute Gasteiger partial charge is 0.263 e. The second kappa shape index (κ2) is 7.62. The Morgan fingerprint density at radius 3 is 2.70 bits per heavy atom. The number of rotatable bonds is 5. The van der Waals surface area contributed by atoms with Gasteiger partial charge in [-0.05, 0) is 18.6 Å². The van der Waals surface area contributed by atoms with E-state index >= 15 is 0 Å². The van der Waals surface area contributed by atoms with Crippen LogP contribution < -0.4 is 20.3 Å². The van der Waals surface area contributed by atoms with E-state index < -0.39 is 12.0 Å². The Morgan fingerprint density at radius 1 is 1.26 bits per heavy atom. The number of hydrogen-bond acceptors (Lipinski definition) is 4. The predicted octanol–water partition coefficient (Wildman–Crippen LogP) is 0.443. The fourth-order valence-corrected chi connectivity index (χ4v) is 2.28. The molecule has 0 spiro atoms. The van der Waals surface area contributed by atoms with Crippen LogP contribution in [0.5, 0.6) is 5.75 Å². The second-order valence-corrected chi connectivity index (χ2v) is 5.27. The highest BCUT2D eigenvalue weighted by atomic mass is 16.5. The number of nitrogens with zero attached hydrogens (tertiary/aromatic N) is 1. The molecule has 7 heteroatoms. The third-order valence-corrected chi connectivity index (χ3v) is 3.44. The summed E-state index contributed by atoms with van der Waals surface area (Å²) in [5.74, 6) is -0.360. The van der Waals surface area contributed by atoms with Gasteiger partial charge in [0.05, 0.1) is 18.8 Å². The van der Waals surface area contributed by atoms with E-state index in [0.717, 1.165) is 6.42 Å². The van der Waals surface area contributed by atoms with Gasteiger partial charge in [-0.2, -0.15) is 0 Å². The summed E-state index contributed by atoms with van der Waals surface area (Å²) in [5.41, 5.74) is 0.643. The number of anilines is 1. The van der Waals surface area contributed by atoms with Gasteiger partial charge in [-0.25, -0.2) is 0 Å². The van der Waals surface area contributed by atoms with Crippen molar-refractivity contribution in [1.82, 2.24) is 10.6 Å². The molecule has 7 nitrogen and oxygen atoms in total. The van der Waals surface area contributed by atoms with Gasteiger partial charge in [-0.15, -0.1) is 0 Å². The van der Waals surface area contributed by atoms with Crippen LogP contribution in [0.15, 0.2) is 24.3 Å². The summed E-state index contributed by atoms with van der Waals surface area (Å²) in [6.07, 6.45) is -0.0109. The third kappa shape index (κ3) is 4.21. The summed E-state index contributed by atoms with van der Waals surface area (Å²) in [7, 11) is 0. The minimum Gasteiger partial charge on any atom is -0.477 e. The van der Waals surface area contributed by atoms with Gasteiger partial charge in [0.2, 0.25) is 11.8 Å². The van der Waals surface area contributed by atoms with E-state index in [1.165, 1.54) is 11.8 Å². The lowest BCUT2D eigenvalue weighted by Gasteiger charge is -2.33. The van der Waals surface area contributed by atoms with Gasteiger partial charge in [-0.1, -0.05) is 19.1 Å². The molecule has 1 aromatic carbocycles. The zero-order valence-electron chi connectivity index (χ0n) is 13.3. The number of benzene rings is 1. The minimum atomic E-state index is -0.840. The maximum atomic E-state index is 12.2. The Balaban J connectivity index is 2.00. The topological polar surface area (TPSA) is 87.7 Å². The van der Waals surface area contributed by atoms with Crippen molar-refractivity contribution in [3.63, 3.8) is 0 Å². The molecule has 0 saturated carbocycles. The van der Waals surface area contributed by atoms with E-state index in [4.69, 9.17) is 4.74 Å². The predicted molar refractivity (Wildman–Crippen MR) is 85.2 cm³/mol. The Labute approximate surface area is 135 Å². The molecule has 1 heterocycles. The number of para-hydroxylation sites is 2. The molecule has 0 fully saturated rings. The number of carbonyl (C=O) groups excluding carboxylic acids is 3. The van der Waals surface area contributed by atoms with Gasteiger partial charge in [0.15, 0.2) is 6.10 Å². The average molecular weight is 319 g/mol. The van der Waals surface area contributed by atoms with E-state index in [1.54, 1.807) is 24.3 Å². The van der Waals surface area contributed by atoms with Crippen LogP contribution in [0, 0.1) is 0 Å². The van der Waals surface area contributed by atoms with Crippen molar-refractivity contribution in [3.05, 3.63) is 24.3 Å². The molecular weight excluding hydrogens is 298 g/mol. The van der Waals surface area contributed by atoms with Gasteiger partial charge in [0.25, 0.3) is 5.91 Å². The molecule has 23 heavy (non-hydrogen) atoms. The van der Waals surface area contributed by atoms with Crippen molar-refractivity contribution in [2.75, 3.05) is 24.5 Å². The fraction of sp³-hybridized carbons (Fsp3) is 0.438. The van der Waals surface area contributed by atoms with Crippen molar-refractivity contribution in [1.29, 1.82) is 0 Å². The molecule has 124 valence electrons. The molecule has 1 aliphatic heterocycles. The van der Waals surface area contributed by atoms with Gasteiger partial charge >= 0.3 is 0 Å². The first-order valence-corrected chi connectivity index (χ1v) is 7.61. The highest BCUT2D eigenvalue weighted by Crippen LogP contribution is 2.33. The zero-order chi connectivity index (χ0) is 16.8. The molecule has 0 unspecified atom stereocenters. The van der Waals surface area contributed by atoms with Gasteiger partial charge in [0.1, 0.15) is 5.75 Å².